The second-order valence-electron chi connectivity index (χ2n) is 3.79. The van der Waals surface area contributed by atoms with E-state index in [0.717, 1.165) is 5.69 Å². The smallest absolute Gasteiger partial charge is 0.0951 e. The zero-order valence-corrected chi connectivity index (χ0v) is 9.35. The van der Waals surface area contributed by atoms with E-state index in [0.29, 0.717) is 19.1 Å². The summed E-state index contributed by atoms with van der Waals surface area (Å²) in [4.78, 5) is 4.13. The SMILES string of the molecule is CC(C)n1cncc1C(CN)NCCO. The fourth-order valence-corrected chi connectivity index (χ4v) is 1.56. The second-order valence-corrected chi connectivity index (χ2v) is 3.79. The van der Waals surface area contributed by atoms with Crippen LogP contribution in [0.1, 0.15) is 31.6 Å². The van der Waals surface area contributed by atoms with Gasteiger partial charge in [0, 0.05) is 25.3 Å². The van der Waals surface area contributed by atoms with Crippen molar-refractivity contribution in [3.05, 3.63) is 18.2 Å². The summed E-state index contributed by atoms with van der Waals surface area (Å²) in [6.45, 7) is 5.37. The van der Waals surface area contributed by atoms with Crippen molar-refractivity contribution in [3.8, 4) is 0 Å². The molecule has 0 bridgehead atoms. The van der Waals surface area contributed by atoms with Crippen molar-refractivity contribution in [1.82, 2.24) is 14.9 Å². The summed E-state index contributed by atoms with van der Waals surface area (Å²) in [7, 11) is 0. The molecule has 0 aromatic carbocycles. The maximum Gasteiger partial charge on any atom is 0.0951 e. The Morgan fingerprint density at radius 3 is 2.87 bits per heavy atom. The summed E-state index contributed by atoms with van der Waals surface area (Å²) in [5, 5.41) is 11.9. The van der Waals surface area contributed by atoms with E-state index in [1.807, 2.05) is 12.5 Å². The van der Waals surface area contributed by atoms with Crippen LogP contribution < -0.4 is 11.1 Å². The van der Waals surface area contributed by atoms with Crippen LogP contribution in [0.2, 0.25) is 0 Å². The second kappa shape index (κ2) is 5.85. The van der Waals surface area contributed by atoms with Gasteiger partial charge in [0.2, 0.25) is 0 Å². The van der Waals surface area contributed by atoms with Crippen molar-refractivity contribution in [3.63, 3.8) is 0 Å². The minimum Gasteiger partial charge on any atom is -0.395 e. The third-order valence-electron chi connectivity index (χ3n) is 2.35. The fraction of sp³-hybridized carbons (Fsp3) is 0.700. The number of nitrogens with zero attached hydrogens (tertiary/aromatic N) is 2. The molecule has 5 heteroatoms. The molecule has 1 unspecified atom stereocenters. The van der Waals surface area contributed by atoms with Crippen molar-refractivity contribution in [1.29, 1.82) is 0 Å². The molecule has 0 fully saturated rings. The summed E-state index contributed by atoms with van der Waals surface area (Å²) in [5.41, 5.74) is 6.76. The molecule has 0 spiro atoms. The van der Waals surface area contributed by atoms with Crippen molar-refractivity contribution in [2.24, 2.45) is 5.73 Å². The molecule has 1 aromatic rings. The number of aromatic nitrogens is 2. The Kier molecular flexibility index (Phi) is 4.74. The van der Waals surface area contributed by atoms with Gasteiger partial charge in [0.1, 0.15) is 0 Å². The van der Waals surface area contributed by atoms with Gasteiger partial charge in [-0.05, 0) is 13.8 Å². The normalized spacial score (nSPS) is 13.4. The summed E-state index contributed by atoms with van der Waals surface area (Å²) < 4.78 is 2.09. The molecular weight excluding hydrogens is 192 g/mol. The highest BCUT2D eigenvalue weighted by molar-refractivity contribution is 5.07. The van der Waals surface area contributed by atoms with Crippen LogP contribution in [0.4, 0.5) is 0 Å². The number of nitrogens with one attached hydrogen (secondary N) is 1. The van der Waals surface area contributed by atoms with Crippen LogP contribution in [0.15, 0.2) is 12.5 Å². The Labute approximate surface area is 90.3 Å². The molecule has 15 heavy (non-hydrogen) atoms. The Balaban J connectivity index is 2.76. The number of rotatable bonds is 6. The van der Waals surface area contributed by atoms with E-state index in [-0.39, 0.29) is 12.6 Å². The molecular formula is C10H20N4O. The quantitative estimate of drug-likeness (QED) is 0.622. The lowest BCUT2D eigenvalue weighted by Crippen LogP contribution is -2.32. The molecule has 1 atom stereocenters. The number of aliphatic hydroxyl groups excluding tert-OH is 1. The summed E-state index contributed by atoms with van der Waals surface area (Å²) in [6, 6.07) is 0.425. The Morgan fingerprint density at radius 1 is 1.60 bits per heavy atom. The van der Waals surface area contributed by atoms with Gasteiger partial charge in [-0.1, -0.05) is 0 Å². The van der Waals surface area contributed by atoms with Gasteiger partial charge in [0.15, 0.2) is 0 Å². The topological polar surface area (TPSA) is 76.1 Å². The first-order valence-corrected chi connectivity index (χ1v) is 5.26. The maximum absolute atomic E-state index is 8.76. The summed E-state index contributed by atoms with van der Waals surface area (Å²) in [6.07, 6.45) is 3.63. The molecule has 5 nitrogen and oxygen atoms in total. The first-order chi connectivity index (χ1) is 7.20. The first-order valence-electron chi connectivity index (χ1n) is 5.26. The minimum atomic E-state index is 0.0575. The molecule has 0 saturated heterocycles. The van der Waals surface area contributed by atoms with Crippen LogP contribution >= 0.6 is 0 Å². The Hall–Kier alpha value is -0.910. The minimum absolute atomic E-state index is 0.0575. The molecule has 0 aliphatic carbocycles. The number of hydrogen-bond acceptors (Lipinski definition) is 4. The van der Waals surface area contributed by atoms with E-state index in [1.165, 1.54) is 0 Å². The lowest BCUT2D eigenvalue weighted by molar-refractivity contribution is 0.283. The van der Waals surface area contributed by atoms with E-state index in [2.05, 4.69) is 28.7 Å². The Bertz CT molecular complexity index is 285. The molecule has 0 aliphatic heterocycles. The van der Waals surface area contributed by atoms with Crippen LogP contribution in [-0.2, 0) is 0 Å². The van der Waals surface area contributed by atoms with E-state index in [1.54, 1.807) is 0 Å². The highest BCUT2D eigenvalue weighted by Gasteiger charge is 2.14. The molecule has 0 aliphatic rings. The van der Waals surface area contributed by atoms with E-state index in [9.17, 15) is 0 Å². The third kappa shape index (κ3) is 3.02. The maximum atomic E-state index is 8.76. The van der Waals surface area contributed by atoms with Gasteiger partial charge in [-0.15, -0.1) is 0 Å². The molecule has 0 amide bonds. The van der Waals surface area contributed by atoms with Crippen molar-refractivity contribution in [2.45, 2.75) is 25.9 Å². The average Bonchev–Trinajstić information content (AvgIpc) is 2.68. The predicted octanol–water partition coefficient (Wildman–Crippen LogP) is 0.0457. The highest BCUT2D eigenvalue weighted by Crippen LogP contribution is 2.15. The monoisotopic (exact) mass is 212 g/mol. The lowest BCUT2D eigenvalue weighted by atomic mass is 10.2. The third-order valence-corrected chi connectivity index (χ3v) is 2.35. The standard InChI is InChI=1S/C10H20N4O/c1-8(2)14-7-12-6-10(14)9(5-11)13-3-4-15/h6-9,13,15H,3-5,11H2,1-2H3. The van der Waals surface area contributed by atoms with Crippen LogP contribution in [0.25, 0.3) is 0 Å². The molecule has 0 radical (unpaired) electrons. The zero-order chi connectivity index (χ0) is 11.3. The number of aliphatic hydroxyl groups is 1. The van der Waals surface area contributed by atoms with Crippen LogP contribution in [-0.4, -0.2) is 34.4 Å². The van der Waals surface area contributed by atoms with Gasteiger partial charge >= 0.3 is 0 Å². The van der Waals surface area contributed by atoms with Crippen molar-refractivity contribution < 1.29 is 5.11 Å². The van der Waals surface area contributed by atoms with Crippen LogP contribution in [0.3, 0.4) is 0 Å². The average molecular weight is 212 g/mol. The number of hydrogen-bond donors (Lipinski definition) is 3. The van der Waals surface area contributed by atoms with E-state index in [4.69, 9.17) is 10.8 Å². The van der Waals surface area contributed by atoms with Crippen molar-refractivity contribution >= 4 is 0 Å². The van der Waals surface area contributed by atoms with Crippen LogP contribution in [0, 0.1) is 0 Å². The Morgan fingerprint density at radius 2 is 2.33 bits per heavy atom. The zero-order valence-electron chi connectivity index (χ0n) is 9.35. The van der Waals surface area contributed by atoms with E-state index >= 15 is 0 Å². The molecule has 1 aromatic heterocycles. The molecule has 86 valence electrons. The van der Waals surface area contributed by atoms with Gasteiger partial charge in [0.25, 0.3) is 0 Å². The van der Waals surface area contributed by atoms with Gasteiger partial charge in [0.05, 0.1) is 24.7 Å². The van der Waals surface area contributed by atoms with Crippen molar-refractivity contribution in [2.75, 3.05) is 19.7 Å². The lowest BCUT2D eigenvalue weighted by Gasteiger charge is -2.20. The van der Waals surface area contributed by atoms with Gasteiger partial charge in [-0.3, -0.25) is 0 Å². The molecule has 1 heterocycles. The summed E-state index contributed by atoms with van der Waals surface area (Å²) in [5.74, 6) is 0. The molecule has 4 N–H and O–H groups in total. The van der Waals surface area contributed by atoms with Gasteiger partial charge in [-0.2, -0.15) is 0 Å². The van der Waals surface area contributed by atoms with Gasteiger partial charge in [-0.25, -0.2) is 4.98 Å². The summed E-state index contributed by atoms with van der Waals surface area (Å²) >= 11 is 0. The highest BCUT2D eigenvalue weighted by atomic mass is 16.3. The number of nitrogens with two attached hydrogens (primary N) is 1. The van der Waals surface area contributed by atoms with Crippen LogP contribution in [0.5, 0.6) is 0 Å². The largest absolute Gasteiger partial charge is 0.395 e. The predicted molar refractivity (Wildman–Crippen MR) is 59.5 cm³/mol. The fourth-order valence-electron chi connectivity index (χ4n) is 1.56. The first kappa shape index (κ1) is 12.2. The molecule has 1 rings (SSSR count). The number of imidazole rings is 1. The van der Waals surface area contributed by atoms with Gasteiger partial charge < -0.3 is 20.7 Å². The van der Waals surface area contributed by atoms with E-state index < -0.39 is 0 Å². The molecule has 0 saturated carbocycles.